The quantitative estimate of drug-likeness (QED) is 0.719. The Bertz CT molecular complexity index is 823. The van der Waals surface area contributed by atoms with Gasteiger partial charge >= 0.3 is 0 Å². The lowest BCUT2D eigenvalue weighted by Gasteiger charge is -2.39. The SMILES string of the molecule is O=C(c1cnccn1)N1CCN(C(c2ccccc2)c2ccccc2)CC1. The molecule has 4 rings (SSSR count). The molecule has 0 aliphatic carbocycles. The van der Waals surface area contributed by atoms with Crippen LogP contribution in [0.15, 0.2) is 79.3 Å². The third kappa shape index (κ3) is 3.88. The van der Waals surface area contributed by atoms with Crippen LogP contribution in [-0.4, -0.2) is 51.9 Å². The smallest absolute Gasteiger partial charge is 0.274 e. The number of carbonyl (C=O) groups is 1. The third-order valence-corrected chi connectivity index (χ3v) is 4.98. The van der Waals surface area contributed by atoms with Crippen molar-refractivity contribution in [1.29, 1.82) is 0 Å². The van der Waals surface area contributed by atoms with Crippen LogP contribution in [-0.2, 0) is 0 Å². The van der Waals surface area contributed by atoms with Gasteiger partial charge in [0, 0.05) is 38.6 Å². The Morgan fingerprint density at radius 3 is 1.93 bits per heavy atom. The fraction of sp³-hybridized carbons (Fsp3) is 0.227. The largest absolute Gasteiger partial charge is 0.335 e. The Labute approximate surface area is 159 Å². The monoisotopic (exact) mass is 358 g/mol. The number of hydrogen-bond donors (Lipinski definition) is 0. The highest BCUT2D eigenvalue weighted by Crippen LogP contribution is 2.29. The van der Waals surface area contributed by atoms with Gasteiger partial charge in [-0.1, -0.05) is 60.7 Å². The number of piperazine rings is 1. The summed E-state index contributed by atoms with van der Waals surface area (Å²) in [4.78, 5) is 25.1. The summed E-state index contributed by atoms with van der Waals surface area (Å²) in [5.41, 5.74) is 2.96. The Morgan fingerprint density at radius 2 is 1.41 bits per heavy atom. The molecule has 1 aliphatic heterocycles. The van der Waals surface area contributed by atoms with Gasteiger partial charge in [-0.05, 0) is 11.1 Å². The zero-order chi connectivity index (χ0) is 18.5. The minimum atomic E-state index is -0.0428. The molecule has 0 atom stereocenters. The highest BCUT2D eigenvalue weighted by Gasteiger charge is 2.28. The van der Waals surface area contributed by atoms with Gasteiger partial charge in [-0.3, -0.25) is 14.7 Å². The predicted octanol–water partition coefficient (Wildman–Crippen LogP) is 3.02. The van der Waals surface area contributed by atoms with Crippen LogP contribution in [0.25, 0.3) is 0 Å². The topological polar surface area (TPSA) is 49.3 Å². The Balaban J connectivity index is 1.51. The molecule has 2 aromatic carbocycles. The fourth-order valence-electron chi connectivity index (χ4n) is 3.64. The molecule has 0 spiro atoms. The first-order chi connectivity index (χ1) is 13.3. The molecule has 0 radical (unpaired) electrons. The van der Waals surface area contributed by atoms with Crippen LogP contribution < -0.4 is 0 Å². The molecule has 27 heavy (non-hydrogen) atoms. The van der Waals surface area contributed by atoms with E-state index in [4.69, 9.17) is 0 Å². The van der Waals surface area contributed by atoms with Gasteiger partial charge in [0.05, 0.1) is 12.2 Å². The summed E-state index contributed by atoms with van der Waals surface area (Å²) in [6.45, 7) is 3.01. The lowest BCUT2D eigenvalue weighted by atomic mass is 9.96. The van der Waals surface area contributed by atoms with Gasteiger partial charge < -0.3 is 4.90 Å². The van der Waals surface area contributed by atoms with Crippen LogP contribution >= 0.6 is 0 Å². The molecule has 136 valence electrons. The van der Waals surface area contributed by atoms with E-state index >= 15 is 0 Å². The minimum Gasteiger partial charge on any atom is -0.335 e. The number of hydrogen-bond acceptors (Lipinski definition) is 4. The molecular formula is C22H22N4O. The minimum absolute atomic E-state index is 0.0428. The number of aromatic nitrogens is 2. The second-order valence-electron chi connectivity index (χ2n) is 6.64. The molecule has 1 aromatic heterocycles. The van der Waals surface area contributed by atoms with Crippen LogP contribution in [0.3, 0.4) is 0 Å². The maximum Gasteiger partial charge on any atom is 0.274 e. The van der Waals surface area contributed by atoms with E-state index in [9.17, 15) is 4.79 Å². The molecule has 1 amide bonds. The molecule has 5 heteroatoms. The first-order valence-corrected chi connectivity index (χ1v) is 9.22. The van der Waals surface area contributed by atoms with Crippen molar-refractivity contribution in [3.8, 4) is 0 Å². The normalized spacial score (nSPS) is 15.1. The first kappa shape index (κ1) is 17.4. The maximum absolute atomic E-state index is 12.6. The third-order valence-electron chi connectivity index (χ3n) is 4.98. The zero-order valence-electron chi connectivity index (χ0n) is 15.1. The average Bonchev–Trinajstić information content (AvgIpc) is 2.76. The highest BCUT2D eigenvalue weighted by molar-refractivity contribution is 5.92. The number of amides is 1. The van der Waals surface area contributed by atoms with Gasteiger partial charge in [-0.15, -0.1) is 0 Å². The van der Waals surface area contributed by atoms with Crippen molar-refractivity contribution in [2.75, 3.05) is 26.2 Å². The molecule has 0 N–H and O–H groups in total. The summed E-state index contributed by atoms with van der Waals surface area (Å²) >= 11 is 0. The molecule has 3 aromatic rings. The Hall–Kier alpha value is -3.05. The molecular weight excluding hydrogens is 336 g/mol. The van der Waals surface area contributed by atoms with Crippen molar-refractivity contribution in [2.24, 2.45) is 0 Å². The van der Waals surface area contributed by atoms with Gasteiger partial charge in [0.25, 0.3) is 5.91 Å². The number of benzene rings is 2. The van der Waals surface area contributed by atoms with Gasteiger partial charge in [0.2, 0.25) is 0 Å². The van der Waals surface area contributed by atoms with Crippen LogP contribution in [0.5, 0.6) is 0 Å². The maximum atomic E-state index is 12.6. The van der Waals surface area contributed by atoms with Crippen molar-refractivity contribution < 1.29 is 4.79 Å². The lowest BCUT2D eigenvalue weighted by molar-refractivity contribution is 0.0591. The lowest BCUT2D eigenvalue weighted by Crippen LogP contribution is -2.50. The molecule has 1 aliphatic rings. The van der Waals surface area contributed by atoms with Gasteiger partial charge in [0.1, 0.15) is 5.69 Å². The average molecular weight is 358 g/mol. The van der Waals surface area contributed by atoms with Gasteiger partial charge in [-0.2, -0.15) is 0 Å². The zero-order valence-corrected chi connectivity index (χ0v) is 15.1. The number of nitrogens with zero attached hydrogens (tertiary/aromatic N) is 4. The molecule has 1 saturated heterocycles. The molecule has 0 unspecified atom stereocenters. The van der Waals surface area contributed by atoms with Gasteiger partial charge in [-0.25, -0.2) is 4.98 Å². The van der Waals surface area contributed by atoms with E-state index in [2.05, 4.69) is 63.4 Å². The van der Waals surface area contributed by atoms with E-state index in [1.807, 2.05) is 17.0 Å². The summed E-state index contributed by atoms with van der Waals surface area (Å²) in [5, 5.41) is 0. The fourth-order valence-corrected chi connectivity index (χ4v) is 3.64. The van der Waals surface area contributed by atoms with Crippen molar-refractivity contribution in [1.82, 2.24) is 19.8 Å². The standard InChI is InChI=1S/C22H22N4O/c27-22(20-17-23-11-12-24-20)26-15-13-25(14-16-26)21(18-7-3-1-4-8-18)19-9-5-2-6-10-19/h1-12,17,21H,13-16H2. The van der Waals surface area contributed by atoms with Crippen molar-refractivity contribution in [3.63, 3.8) is 0 Å². The Kier molecular flexibility index (Phi) is 5.21. The predicted molar refractivity (Wildman–Crippen MR) is 104 cm³/mol. The van der Waals surface area contributed by atoms with E-state index in [1.165, 1.54) is 17.3 Å². The van der Waals surface area contributed by atoms with E-state index in [0.29, 0.717) is 18.8 Å². The van der Waals surface area contributed by atoms with Crippen molar-refractivity contribution >= 4 is 5.91 Å². The molecule has 5 nitrogen and oxygen atoms in total. The Morgan fingerprint density at radius 1 is 0.815 bits per heavy atom. The number of carbonyl (C=O) groups excluding carboxylic acids is 1. The molecule has 0 saturated carbocycles. The second kappa shape index (κ2) is 8.10. The summed E-state index contributed by atoms with van der Waals surface area (Å²) < 4.78 is 0. The van der Waals surface area contributed by atoms with E-state index in [0.717, 1.165) is 13.1 Å². The number of rotatable bonds is 4. The van der Waals surface area contributed by atoms with E-state index < -0.39 is 0 Å². The van der Waals surface area contributed by atoms with E-state index in [1.54, 1.807) is 12.4 Å². The molecule has 1 fully saturated rings. The first-order valence-electron chi connectivity index (χ1n) is 9.22. The van der Waals surface area contributed by atoms with E-state index in [-0.39, 0.29) is 11.9 Å². The van der Waals surface area contributed by atoms with Gasteiger partial charge in [0.15, 0.2) is 0 Å². The summed E-state index contributed by atoms with van der Waals surface area (Å²) in [5.74, 6) is -0.0428. The van der Waals surface area contributed by atoms with Crippen LogP contribution in [0.2, 0.25) is 0 Å². The van der Waals surface area contributed by atoms with Crippen LogP contribution in [0, 0.1) is 0 Å². The summed E-state index contributed by atoms with van der Waals surface area (Å²) in [7, 11) is 0. The van der Waals surface area contributed by atoms with Crippen LogP contribution in [0.4, 0.5) is 0 Å². The summed E-state index contributed by atoms with van der Waals surface area (Å²) in [6.07, 6.45) is 4.68. The second-order valence-corrected chi connectivity index (χ2v) is 6.64. The van der Waals surface area contributed by atoms with Crippen molar-refractivity contribution in [3.05, 3.63) is 96.1 Å². The molecule has 2 heterocycles. The van der Waals surface area contributed by atoms with Crippen molar-refractivity contribution in [2.45, 2.75) is 6.04 Å². The van der Waals surface area contributed by atoms with Crippen LogP contribution in [0.1, 0.15) is 27.7 Å². The summed E-state index contributed by atoms with van der Waals surface area (Å²) in [6, 6.07) is 21.3. The molecule has 0 bridgehead atoms. The highest BCUT2D eigenvalue weighted by atomic mass is 16.2.